The van der Waals surface area contributed by atoms with Crippen LogP contribution in [0.25, 0.3) is 0 Å². The van der Waals surface area contributed by atoms with E-state index in [-0.39, 0.29) is 14.9 Å². The molecule has 2 rings (SSSR count). The summed E-state index contributed by atoms with van der Waals surface area (Å²) in [5, 5.41) is 0.206. The van der Waals surface area contributed by atoms with Crippen molar-refractivity contribution < 1.29 is 8.42 Å². The zero-order chi connectivity index (χ0) is 14.9. The van der Waals surface area contributed by atoms with Gasteiger partial charge in [-0.25, -0.2) is 8.42 Å². The lowest BCUT2D eigenvalue weighted by Gasteiger charge is -2.11. The first-order chi connectivity index (χ1) is 9.31. The fourth-order valence-corrected chi connectivity index (χ4v) is 3.67. The van der Waals surface area contributed by atoms with Crippen molar-refractivity contribution in [1.82, 2.24) is 0 Å². The maximum Gasteiger partial charge on any atom is 0.263 e. The summed E-state index contributed by atoms with van der Waals surface area (Å²) in [7, 11) is -3.78. The third-order valence-corrected chi connectivity index (χ3v) is 5.86. The Morgan fingerprint density at radius 3 is 2.50 bits per heavy atom. The first kappa shape index (κ1) is 15.6. The molecule has 0 spiro atoms. The van der Waals surface area contributed by atoms with Crippen LogP contribution in [0.3, 0.4) is 0 Å². The second-order valence-corrected chi connectivity index (χ2v) is 7.41. The van der Waals surface area contributed by atoms with Crippen molar-refractivity contribution in [2.24, 2.45) is 0 Å². The maximum atomic E-state index is 12.3. The number of aryl methyl sites for hydroxylation is 1. The zero-order valence-electron chi connectivity index (χ0n) is 10.3. The van der Waals surface area contributed by atoms with Crippen LogP contribution in [0, 0.1) is 6.92 Å². The van der Waals surface area contributed by atoms with Crippen molar-refractivity contribution in [2.45, 2.75) is 11.8 Å². The van der Waals surface area contributed by atoms with Gasteiger partial charge in [0.05, 0.1) is 10.0 Å². The van der Waals surface area contributed by atoms with Crippen molar-refractivity contribution in [1.29, 1.82) is 0 Å². The van der Waals surface area contributed by atoms with Gasteiger partial charge in [-0.15, -0.1) is 0 Å². The van der Waals surface area contributed by atoms with Crippen LogP contribution in [0.4, 0.5) is 5.69 Å². The molecule has 0 amide bonds. The molecule has 0 saturated heterocycles. The number of sulfonamides is 1. The predicted octanol–water partition coefficient (Wildman–Crippen LogP) is 4.87. The molecule has 0 aromatic heterocycles. The first-order valence-electron chi connectivity index (χ1n) is 5.54. The van der Waals surface area contributed by atoms with Crippen LogP contribution in [-0.4, -0.2) is 8.42 Å². The molecule has 0 saturated carbocycles. The van der Waals surface area contributed by atoms with Crippen LogP contribution < -0.4 is 4.72 Å². The average molecular weight is 395 g/mol. The van der Waals surface area contributed by atoms with E-state index in [2.05, 4.69) is 20.7 Å². The maximum absolute atomic E-state index is 12.3. The average Bonchev–Trinajstić information content (AvgIpc) is 2.36. The monoisotopic (exact) mass is 393 g/mol. The van der Waals surface area contributed by atoms with Gasteiger partial charge in [0.25, 0.3) is 10.0 Å². The number of hydrogen-bond acceptors (Lipinski definition) is 2. The molecule has 0 radical (unpaired) electrons. The minimum Gasteiger partial charge on any atom is -0.280 e. The molecule has 0 bridgehead atoms. The molecule has 2 aromatic rings. The Balaban J connectivity index is 2.41. The van der Waals surface area contributed by atoms with Gasteiger partial charge in [0, 0.05) is 10.2 Å². The van der Waals surface area contributed by atoms with E-state index in [1.165, 1.54) is 18.2 Å². The van der Waals surface area contributed by atoms with Gasteiger partial charge in [-0.2, -0.15) is 0 Å². The molecule has 1 N–H and O–H groups in total. The van der Waals surface area contributed by atoms with E-state index >= 15 is 0 Å². The SMILES string of the molecule is Cc1cc(NS(=O)(=O)c2cccc(Cl)c2Cl)ccc1Br. The molecular formula is C13H10BrCl2NO2S. The van der Waals surface area contributed by atoms with Crippen molar-refractivity contribution in [3.05, 3.63) is 56.5 Å². The minimum absolute atomic E-state index is 0.00972. The van der Waals surface area contributed by atoms with Gasteiger partial charge in [0.15, 0.2) is 0 Å². The Bertz CT molecular complexity index is 763. The third kappa shape index (κ3) is 3.28. The van der Waals surface area contributed by atoms with Gasteiger partial charge < -0.3 is 0 Å². The van der Waals surface area contributed by atoms with Crippen molar-refractivity contribution in [3.8, 4) is 0 Å². The number of nitrogens with one attached hydrogen (secondary N) is 1. The summed E-state index contributed by atoms with van der Waals surface area (Å²) in [6, 6.07) is 9.63. The number of anilines is 1. The second-order valence-electron chi connectivity index (χ2n) is 4.12. The van der Waals surface area contributed by atoms with Crippen LogP contribution in [0.1, 0.15) is 5.56 Å². The van der Waals surface area contributed by atoms with Crippen LogP contribution in [0.15, 0.2) is 45.8 Å². The Morgan fingerprint density at radius 2 is 1.85 bits per heavy atom. The van der Waals surface area contributed by atoms with E-state index < -0.39 is 10.0 Å². The highest BCUT2D eigenvalue weighted by molar-refractivity contribution is 9.10. The van der Waals surface area contributed by atoms with Gasteiger partial charge in [0.2, 0.25) is 0 Å². The van der Waals surface area contributed by atoms with Crippen LogP contribution in [-0.2, 0) is 10.0 Å². The lowest BCUT2D eigenvalue weighted by Crippen LogP contribution is -2.13. The second kappa shape index (κ2) is 5.93. The summed E-state index contributed by atoms with van der Waals surface area (Å²) >= 11 is 15.1. The van der Waals surface area contributed by atoms with E-state index in [0.29, 0.717) is 5.69 Å². The molecule has 7 heteroatoms. The number of benzene rings is 2. The van der Waals surface area contributed by atoms with Gasteiger partial charge in [0.1, 0.15) is 4.90 Å². The molecule has 20 heavy (non-hydrogen) atoms. The van der Waals surface area contributed by atoms with Crippen molar-refractivity contribution in [2.75, 3.05) is 4.72 Å². The highest BCUT2D eigenvalue weighted by Crippen LogP contribution is 2.30. The van der Waals surface area contributed by atoms with Gasteiger partial charge >= 0.3 is 0 Å². The summed E-state index contributed by atoms with van der Waals surface area (Å²) < 4.78 is 28.0. The van der Waals surface area contributed by atoms with Crippen LogP contribution >= 0.6 is 39.1 Å². The van der Waals surface area contributed by atoms with Crippen molar-refractivity contribution in [3.63, 3.8) is 0 Å². The van der Waals surface area contributed by atoms with E-state index in [4.69, 9.17) is 23.2 Å². The fraction of sp³-hybridized carbons (Fsp3) is 0.0769. The highest BCUT2D eigenvalue weighted by atomic mass is 79.9. The Hall–Kier alpha value is -0.750. The molecule has 0 aliphatic heterocycles. The molecule has 0 unspecified atom stereocenters. The lowest BCUT2D eigenvalue weighted by atomic mass is 10.2. The van der Waals surface area contributed by atoms with Gasteiger partial charge in [-0.1, -0.05) is 45.2 Å². The summed E-state index contributed by atoms with van der Waals surface area (Å²) in [4.78, 5) is -0.0489. The van der Waals surface area contributed by atoms with E-state index in [9.17, 15) is 8.42 Å². The molecule has 3 nitrogen and oxygen atoms in total. The van der Waals surface area contributed by atoms with E-state index in [1.807, 2.05) is 6.92 Å². The first-order valence-corrected chi connectivity index (χ1v) is 8.57. The summed E-state index contributed by atoms with van der Waals surface area (Å²) in [6.07, 6.45) is 0. The smallest absolute Gasteiger partial charge is 0.263 e. The standard InChI is InChI=1S/C13H10BrCl2NO2S/c1-8-7-9(5-6-10(8)14)17-20(18,19)12-4-2-3-11(15)13(12)16/h2-7,17H,1H3. The van der Waals surface area contributed by atoms with Crippen LogP contribution in [0.5, 0.6) is 0 Å². The predicted molar refractivity (Wildman–Crippen MR) is 86.1 cm³/mol. The molecule has 0 fully saturated rings. The third-order valence-electron chi connectivity index (χ3n) is 2.62. The van der Waals surface area contributed by atoms with Crippen molar-refractivity contribution >= 4 is 54.8 Å². The number of rotatable bonds is 3. The highest BCUT2D eigenvalue weighted by Gasteiger charge is 2.19. The Kier molecular flexibility index (Phi) is 4.64. The van der Waals surface area contributed by atoms with E-state index in [0.717, 1.165) is 10.0 Å². The molecule has 0 aliphatic rings. The molecule has 0 aliphatic carbocycles. The minimum atomic E-state index is -3.78. The Morgan fingerprint density at radius 1 is 1.15 bits per heavy atom. The topological polar surface area (TPSA) is 46.2 Å². The number of halogens is 3. The summed E-state index contributed by atoms with van der Waals surface area (Å²) in [6.45, 7) is 1.87. The summed E-state index contributed by atoms with van der Waals surface area (Å²) in [5.41, 5.74) is 1.38. The molecule has 0 atom stereocenters. The van der Waals surface area contributed by atoms with E-state index in [1.54, 1.807) is 18.2 Å². The summed E-state index contributed by atoms with van der Waals surface area (Å²) in [5.74, 6) is 0. The Labute approximate surface area is 136 Å². The van der Waals surface area contributed by atoms with Gasteiger partial charge in [-0.3, -0.25) is 4.72 Å². The zero-order valence-corrected chi connectivity index (χ0v) is 14.2. The lowest BCUT2D eigenvalue weighted by molar-refractivity contribution is 0.601. The largest absolute Gasteiger partial charge is 0.280 e. The number of hydrogen-bond donors (Lipinski definition) is 1. The molecule has 2 aromatic carbocycles. The molecule has 106 valence electrons. The molecular weight excluding hydrogens is 385 g/mol. The van der Waals surface area contributed by atoms with Gasteiger partial charge in [-0.05, 0) is 42.8 Å². The normalized spacial score (nSPS) is 11.4. The quantitative estimate of drug-likeness (QED) is 0.807. The van der Waals surface area contributed by atoms with Crippen LogP contribution in [0.2, 0.25) is 10.0 Å². The molecule has 0 heterocycles. The fourth-order valence-electron chi connectivity index (χ4n) is 1.61.